The normalized spacial score (nSPS) is 44.0. The lowest BCUT2D eigenvalue weighted by atomic mass is 9.42. The van der Waals surface area contributed by atoms with Crippen LogP contribution in [0, 0.1) is 47.3 Å². The van der Waals surface area contributed by atoms with Gasteiger partial charge in [0.1, 0.15) is 22.2 Å². The van der Waals surface area contributed by atoms with Crippen molar-refractivity contribution in [3.63, 3.8) is 0 Å². The highest BCUT2D eigenvalue weighted by molar-refractivity contribution is 5.96. The first-order valence-electron chi connectivity index (χ1n) is 22.9. The number of esters is 4. The number of ether oxygens (including phenoxy) is 7. The maximum Gasteiger partial charge on any atom is 0.327 e. The molecule has 0 N–H and O–H groups in total. The van der Waals surface area contributed by atoms with Crippen LogP contribution >= 0.6 is 0 Å². The fourth-order valence-electron chi connectivity index (χ4n) is 17.6. The number of benzene rings is 4. The molecule has 0 saturated carbocycles. The molecule has 13 nitrogen and oxygen atoms in total. The molecule has 8 fully saturated rings. The summed E-state index contributed by atoms with van der Waals surface area (Å²) in [4.78, 5) is 67.2. The third-order valence-corrected chi connectivity index (χ3v) is 18.7. The molecule has 10 heterocycles. The molecule has 0 aromatic heterocycles. The van der Waals surface area contributed by atoms with E-state index >= 15 is 19.2 Å². The molecular weight excluding hydrogens is 829 g/mol. The van der Waals surface area contributed by atoms with Crippen molar-refractivity contribution in [3.05, 3.63) is 143 Å². The summed E-state index contributed by atoms with van der Waals surface area (Å²) in [5, 5.41) is 0. The van der Waals surface area contributed by atoms with E-state index in [0.29, 0.717) is 0 Å². The molecular formula is C52H48N2O11. The highest BCUT2D eigenvalue weighted by Gasteiger charge is 2.99. The summed E-state index contributed by atoms with van der Waals surface area (Å²) >= 11 is 0. The van der Waals surface area contributed by atoms with Crippen LogP contribution in [0.4, 0.5) is 0 Å². The van der Waals surface area contributed by atoms with Crippen molar-refractivity contribution >= 4 is 23.9 Å². The Morgan fingerprint density at radius 1 is 0.400 bits per heavy atom. The Morgan fingerprint density at radius 3 is 0.923 bits per heavy atom. The first-order chi connectivity index (χ1) is 31.7. The number of methoxy groups -OCH3 is 4. The van der Waals surface area contributed by atoms with Crippen LogP contribution in [0.5, 0.6) is 0 Å². The lowest BCUT2D eigenvalue weighted by Crippen LogP contribution is -2.69. The van der Waals surface area contributed by atoms with Crippen LogP contribution in [0.15, 0.2) is 109 Å². The predicted molar refractivity (Wildman–Crippen MR) is 226 cm³/mol. The van der Waals surface area contributed by atoms with Gasteiger partial charge in [-0.25, -0.2) is 0 Å². The average molecular weight is 877 g/mol. The second-order valence-electron chi connectivity index (χ2n) is 19.9. The van der Waals surface area contributed by atoms with Crippen molar-refractivity contribution in [2.75, 3.05) is 28.4 Å². The molecule has 13 heteroatoms. The van der Waals surface area contributed by atoms with Gasteiger partial charge in [0, 0.05) is 60.4 Å². The molecule has 8 saturated heterocycles. The molecule has 4 aromatic carbocycles. The molecule has 18 atom stereocenters. The fraction of sp³-hybridized carbons (Fsp3) is 0.462. The molecule has 10 bridgehead atoms. The maximum absolute atomic E-state index is 15.7. The van der Waals surface area contributed by atoms with Crippen LogP contribution in [0.1, 0.15) is 57.8 Å². The Hall–Kier alpha value is -5.44. The Kier molecular flexibility index (Phi) is 7.58. The summed E-state index contributed by atoms with van der Waals surface area (Å²) in [7, 11) is 5.64. The predicted octanol–water partition coefficient (Wildman–Crippen LogP) is 5.06. The van der Waals surface area contributed by atoms with Crippen molar-refractivity contribution in [1.82, 2.24) is 9.80 Å². The van der Waals surface area contributed by atoms with Crippen LogP contribution in [0.3, 0.4) is 0 Å². The van der Waals surface area contributed by atoms with Gasteiger partial charge in [-0.2, -0.15) is 0 Å². The minimum atomic E-state index is -1.51. The van der Waals surface area contributed by atoms with Crippen LogP contribution in [-0.2, 0) is 65.4 Å². The zero-order valence-electron chi connectivity index (χ0n) is 36.3. The van der Waals surface area contributed by atoms with Crippen LogP contribution < -0.4 is 0 Å². The summed E-state index contributed by atoms with van der Waals surface area (Å²) in [5.41, 5.74) is -0.294. The molecule has 0 radical (unpaired) electrons. The van der Waals surface area contributed by atoms with Gasteiger partial charge in [0.05, 0.1) is 65.1 Å². The Labute approximate surface area is 375 Å². The van der Waals surface area contributed by atoms with E-state index in [1.165, 1.54) is 28.4 Å². The van der Waals surface area contributed by atoms with Gasteiger partial charge in [0.25, 0.3) is 0 Å². The molecule has 14 rings (SSSR count). The van der Waals surface area contributed by atoms with Gasteiger partial charge in [-0.05, 0) is 33.4 Å². The van der Waals surface area contributed by atoms with E-state index < -0.39 is 130 Å². The third-order valence-electron chi connectivity index (χ3n) is 18.7. The van der Waals surface area contributed by atoms with Crippen molar-refractivity contribution in [3.8, 4) is 0 Å². The molecule has 10 aliphatic heterocycles. The topological polar surface area (TPSA) is 139 Å². The second-order valence-corrected chi connectivity index (χ2v) is 19.9. The Balaban J connectivity index is 1.06. The van der Waals surface area contributed by atoms with Gasteiger partial charge in [0.15, 0.2) is 0 Å². The number of rotatable bonds is 8. The molecule has 0 spiro atoms. The van der Waals surface area contributed by atoms with Crippen molar-refractivity contribution in [1.29, 1.82) is 0 Å². The smallest absolute Gasteiger partial charge is 0.327 e. The average Bonchev–Trinajstić information content (AvgIpc) is 4.24. The quantitative estimate of drug-likeness (QED) is 0.173. The summed E-state index contributed by atoms with van der Waals surface area (Å²) in [6.07, 6.45) is -3.88. The van der Waals surface area contributed by atoms with Gasteiger partial charge in [-0.1, -0.05) is 109 Å². The first-order valence-corrected chi connectivity index (χ1v) is 22.9. The Morgan fingerprint density at radius 2 is 0.662 bits per heavy atom. The summed E-state index contributed by atoms with van der Waals surface area (Å²) in [5.74, 6) is -7.04. The minimum absolute atomic E-state index is 0.221. The molecule has 0 amide bonds. The van der Waals surface area contributed by atoms with Crippen LogP contribution in [0.2, 0.25) is 0 Å². The third kappa shape index (κ3) is 3.85. The molecule has 4 aromatic rings. The molecule has 0 aliphatic carbocycles. The summed E-state index contributed by atoms with van der Waals surface area (Å²) in [6.45, 7) is 0.442. The summed E-state index contributed by atoms with van der Waals surface area (Å²) in [6, 6.07) is 35.9. The lowest BCUT2D eigenvalue weighted by molar-refractivity contribution is -0.175. The number of carbonyl (C=O) groups excluding carboxylic acids is 4. The molecule has 65 heavy (non-hydrogen) atoms. The monoisotopic (exact) mass is 876 g/mol. The highest BCUT2D eigenvalue weighted by atomic mass is 16.6. The fourth-order valence-corrected chi connectivity index (χ4v) is 17.6. The van der Waals surface area contributed by atoms with Gasteiger partial charge < -0.3 is 33.2 Å². The van der Waals surface area contributed by atoms with E-state index in [1.807, 2.05) is 84.9 Å². The van der Waals surface area contributed by atoms with E-state index in [9.17, 15) is 0 Å². The van der Waals surface area contributed by atoms with Crippen LogP contribution in [0.25, 0.3) is 0 Å². The maximum atomic E-state index is 15.7. The SMILES string of the molecule is COC(=O)[C@]12[C@@H]3[C@@H]([C@@H]4O[C@H]3c3ccccc34)[C@](C(=O)OC)([C@H]3C4OC([C@H]31)[C@H]1[C@@H]4[C@]3(C(=O)OC)[C@@H]4[C@@H]([C@@H]5O[C@H]4c4ccccc45)[C@@]1(C(=O)OC)N3Cc1ccccc1)N2Cc1ccccc1. The number of hydrogen-bond acceptors (Lipinski definition) is 13. The van der Waals surface area contributed by atoms with Crippen molar-refractivity contribution < 1.29 is 52.3 Å². The first kappa shape index (κ1) is 38.8. The molecule has 332 valence electrons. The van der Waals surface area contributed by atoms with Gasteiger partial charge in [-0.3, -0.25) is 29.0 Å². The standard InChI is InChI=1S/C52H48N2O11/c1-59-45(55)49-31-32(40-28-20-12-11-19-27(28)39(31)63-40)50(46(56)60-2,53(49)23-25-15-7-5-8-16-25)36-35(49)43-37-38(44(36)65-43)52(48(58)62-4)34-33(41-29-21-13-14-22-30(29)42(34)64-41)51(37,47(57)61-3)54(52)24-26-17-9-6-10-18-26/h5-22,31-44H,23-24H2,1-4H3/t31-,32+,33+,34-,35+,36-,37-,38+,39+,40-,41-,42+,43?,44?,49+,50-,51-,52+. The van der Waals surface area contributed by atoms with Crippen LogP contribution in [-0.4, -0.2) is 96.5 Å². The molecule has 10 aliphatic rings. The lowest BCUT2D eigenvalue weighted by Gasteiger charge is -2.54. The van der Waals surface area contributed by atoms with E-state index in [2.05, 4.69) is 34.1 Å². The van der Waals surface area contributed by atoms with E-state index in [-0.39, 0.29) is 13.1 Å². The second kappa shape index (κ2) is 12.7. The number of hydrogen-bond donors (Lipinski definition) is 0. The number of carbonyl (C=O) groups is 4. The highest BCUT2D eigenvalue weighted by Crippen LogP contribution is 2.86. The minimum Gasteiger partial charge on any atom is -0.468 e. The largest absolute Gasteiger partial charge is 0.468 e. The zero-order valence-corrected chi connectivity index (χ0v) is 36.3. The van der Waals surface area contributed by atoms with Crippen molar-refractivity contribution in [2.24, 2.45) is 47.3 Å². The Bertz CT molecular complexity index is 2430. The van der Waals surface area contributed by atoms with Gasteiger partial charge in [-0.15, -0.1) is 0 Å². The van der Waals surface area contributed by atoms with Crippen molar-refractivity contribution in [2.45, 2.75) is 71.9 Å². The van der Waals surface area contributed by atoms with Gasteiger partial charge >= 0.3 is 23.9 Å². The molecule has 2 unspecified atom stereocenters. The van der Waals surface area contributed by atoms with Gasteiger partial charge in [0.2, 0.25) is 0 Å². The zero-order chi connectivity index (χ0) is 44.1. The summed E-state index contributed by atoms with van der Waals surface area (Å²) < 4.78 is 45.8. The number of fused-ring (bicyclic) bond motifs is 36. The van der Waals surface area contributed by atoms with E-state index in [1.54, 1.807) is 0 Å². The van der Waals surface area contributed by atoms with E-state index in [4.69, 9.17) is 33.2 Å². The number of nitrogens with zero attached hydrogens (tertiary/aromatic N) is 2. The van der Waals surface area contributed by atoms with E-state index in [0.717, 1.165) is 33.4 Å².